The van der Waals surface area contributed by atoms with Crippen LogP contribution in [-0.4, -0.2) is 36.3 Å². The number of halogens is 1. The summed E-state index contributed by atoms with van der Waals surface area (Å²) >= 11 is 3.35. The van der Waals surface area contributed by atoms with Crippen molar-refractivity contribution in [3.63, 3.8) is 0 Å². The van der Waals surface area contributed by atoms with Gasteiger partial charge in [-0.1, -0.05) is 28.8 Å². The summed E-state index contributed by atoms with van der Waals surface area (Å²) in [5.41, 5.74) is 0.502. The lowest BCUT2D eigenvalue weighted by Gasteiger charge is -2.20. The molecule has 0 aliphatic carbocycles. The Morgan fingerprint density at radius 3 is 2.48 bits per heavy atom. The third kappa shape index (κ3) is 4.56. The molecule has 0 aromatic heterocycles. The van der Waals surface area contributed by atoms with E-state index in [1.165, 1.54) is 19.8 Å². The van der Waals surface area contributed by atoms with Gasteiger partial charge in [0.1, 0.15) is 5.75 Å². The third-order valence-corrected chi connectivity index (χ3v) is 4.13. The van der Waals surface area contributed by atoms with Crippen molar-refractivity contribution in [1.82, 2.24) is 4.90 Å². The molecule has 1 aliphatic heterocycles. The topological polar surface area (TPSA) is 46.6 Å². The first-order valence-electron chi connectivity index (χ1n) is 7.29. The van der Waals surface area contributed by atoms with Crippen LogP contribution in [0.25, 0.3) is 0 Å². The molecule has 1 heterocycles. The SMILES string of the molecule is CC(=O)c1ccc(Br)cc1OCC(=O)N1CCCCCC1. The largest absolute Gasteiger partial charge is 0.483 e. The zero-order valence-corrected chi connectivity index (χ0v) is 13.8. The molecule has 114 valence electrons. The maximum absolute atomic E-state index is 12.2. The summed E-state index contributed by atoms with van der Waals surface area (Å²) in [6.45, 7) is 3.09. The number of nitrogens with zero attached hydrogens (tertiary/aromatic N) is 1. The van der Waals surface area contributed by atoms with Crippen molar-refractivity contribution in [2.45, 2.75) is 32.6 Å². The molecule has 0 N–H and O–H groups in total. The number of likely N-dealkylation sites (tertiary alicyclic amines) is 1. The number of hydrogen-bond donors (Lipinski definition) is 0. The van der Waals surface area contributed by atoms with Crippen LogP contribution >= 0.6 is 15.9 Å². The van der Waals surface area contributed by atoms with Gasteiger partial charge >= 0.3 is 0 Å². The van der Waals surface area contributed by atoms with Gasteiger partial charge in [0, 0.05) is 17.6 Å². The molecule has 0 bridgehead atoms. The van der Waals surface area contributed by atoms with Crippen LogP contribution < -0.4 is 4.74 Å². The number of amides is 1. The molecule has 2 rings (SSSR count). The van der Waals surface area contributed by atoms with E-state index in [-0.39, 0.29) is 18.3 Å². The van der Waals surface area contributed by atoms with Crippen LogP contribution in [0.1, 0.15) is 43.0 Å². The van der Waals surface area contributed by atoms with Gasteiger partial charge in [-0.05, 0) is 38.0 Å². The molecule has 5 heteroatoms. The molecule has 0 spiro atoms. The third-order valence-electron chi connectivity index (χ3n) is 3.63. The number of carbonyl (C=O) groups excluding carboxylic acids is 2. The van der Waals surface area contributed by atoms with Crippen LogP contribution in [0.5, 0.6) is 5.75 Å². The van der Waals surface area contributed by atoms with Crippen molar-refractivity contribution in [2.75, 3.05) is 19.7 Å². The number of carbonyl (C=O) groups is 2. The molecule has 1 aliphatic rings. The van der Waals surface area contributed by atoms with E-state index in [4.69, 9.17) is 4.74 Å². The summed E-state index contributed by atoms with van der Waals surface area (Å²) < 4.78 is 6.42. The fourth-order valence-corrected chi connectivity index (χ4v) is 2.80. The van der Waals surface area contributed by atoms with E-state index in [2.05, 4.69) is 15.9 Å². The second-order valence-electron chi connectivity index (χ2n) is 5.28. The quantitative estimate of drug-likeness (QED) is 0.779. The molecule has 1 saturated heterocycles. The van der Waals surface area contributed by atoms with Gasteiger partial charge in [-0.2, -0.15) is 0 Å². The zero-order valence-electron chi connectivity index (χ0n) is 12.2. The summed E-state index contributed by atoms with van der Waals surface area (Å²) in [4.78, 5) is 25.6. The van der Waals surface area contributed by atoms with Gasteiger partial charge < -0.3 is 9.64 Å². The van der Waals surface area contributed by atoms with E-state index in [1.807, 2.05) is 4.90 Å². The lowest BCUT2D eigenvalue weighted by molar-refractivity contribution is -0.133. The van der Waals surface area contributed by atoms with Crippen molar-refractivity contribution in [1.29, 1.82) is 0 Å². The van der Waals surface area contributed by atoms with Crippen LogP contribution in [0.4, 0.5) is 0 Å². The van der Waals surface area contributed by atoms with Crippen LogP contribution in [0.2, 0.25) is 0 Å². The van der Waals surface area contributed by atoms with Crippen molar-refractivity contribution < 1.29 is 14.3 Å². The summed E-state index contributed by atoms with van der Waals surface area (Å²) in [6.07, 6.45) is 4.48. The van der Waals surface area contributed by atoms with Crippen molar-refractivity contribution in [3.8, 4) is 5.75 Å². The zero-order chi connectivity index (χ0) is 15.2. The summed E-state index contributed by atoms with van der Waals surface area (Å²) in [6, 6.07) is 5.23. The normalized spacial score (nSPS) is 15.4. The first-order valence-corrected chi connectivity index (χ1v) is 8.08. The Morgan fingerprint density at radius 1 is 1.19 bits per heavy atom. The van der Waals surface area contributed by atoms with E-state index in [9.17, 15) is 9.59 Å². The molecule has 0 atom stereocenters. The average molecular weight is 354 g/mol. The first-order chi connectivity index (χ1) is 10.1. The predicted octanol–water partition coefficient (Wildman–Crippen LogP) is 3.43. The molecule has 4 nitrogen and oxygen atoms in total. The van der Waals surface area contributed by atoms with Gasteiger partial charge in [0.05, 0.1) is 5.56 Å². The van der Waals surface area contributed by atoms with E-state index < -0.39 is 0 Å². The Labute approximate surface area is 133 Å². The van der Waals surface area contributed by atoms with Crippen molar-refractivity contribution >= 4 is 27.6 Å². The average Bonchev–Trinajstić information content (AvgIpc) is 2.73. The van der Waals surface area contributed by atoms with E-state index >= 15 is 0 Å². The Balaban J connectivity index is 2.00. The van der Waals surface area contributed by atoms with Gasteiger partial charge in [0.2, 0.25) is 0 Å². The first kappa shape index (κ1) is 16.0. The molecular formula is C16H20BrNO3. The number of Topliss-reactive ketones (excluding diaryl/α,β-unsaturated/α-hetero) is 1. The number of hydrogen-bond acceptors (Lipinski definition) is 3. The van der Waals surface area contributed by atoms with Crippen LogP contribution in [0.15, 0.2) is 22.7 Å². The monoisotopic (exact) mass is 353 g/mol. The maximum Gasteiger partial charge on any atom is 0.260 e. The van der Waals surface area contributed by atoms with Gasteiger partial charge in [-0.3, -0.25) is 9.59 Å². The molecule has 1 aromatic carbocycles. The van der Waals surface area contributed by atoms with E-state index in [1.54, 1.807) is 18.2 Å². The number of ether oxygens (including phenoxy) is 1. The van der Waals surface area contributed by atoms with Crippen molar-refractivity contribution in [3.05, 3.63) is 28.2 Å². The lowest BCUT2D eigenvalue weighted by atomic mass is 10.1. The highest BCUT2D eigenvalue weighted by Gasteiger charge is 2.17. The van der Waals surface area contributed by atoms with Crippen LogP contribution in [0, 0.1) is 0 Å². The van der Waals surface area contributed by atoms with Crippen molar-refractivity contribution in [2.24, 2.45) is 0 Å². The van der Waals surface area contributed by atoms with Gasteiger partial charge in [-0.15, -0.1) is 0 Å². The Morgan fingerprint density at radius 2 is 1.86 bits per heavy atom. The van der Waals surface area contributed by atoms with Gasteiger partial charge in [-0.25, -0.2) is 0 Å². The number of benzene rings is 1. The van der Waals surface area contributed by atoms with Crippen LogP contribution in [-0.2, 0) is 4.79 Å². The highest BCUT2D eigenvalue weighted by molar-refractivity contribution is 9.10. The van der Waals surface area contributed by atoms with Gasteiger partial charge in [0.25, 0.3) is 5.91 Å². The molecule has 1 amide bonds. The Bertz CT molecular complexity index is 522. The van der Waals surface area contributed by atoms with Crippen LogP contribution in [0.3, 0.4) is 0 Å². The molecule has 1 aromatic rings. The summed E-state index contributed by atoms with van der Waals surface area (Å²) in [5, 5.41) is 0. The minimum absolute atomic E-state index is 0.00798. The highest BCUT2D eigenvalue weighted by atomic mass is 79.9. The van der Waals surface area contributed by atoms with E-state index in [0.717, 1.165) is 30.4 Å². The Hall–Kier alpha value is -1.36. The smallest absolute Gasteiger partial charge is 0.260 e. The molecule has 21 heavy (non-hydrogen) atoms. The van der Waals surface area contributed by atoms with Gasteiger partial charge in [0.15, 0.2) is 12.4 Å². The molecule has 0 saturated carbocycles. The summed E-state index contributed by atoms with van der Waals surface area (Å²) in [5.74, 6) is 0.381. The molecular weight excluding hydrogens is 334 g/mol. The molecule has 0 radical (unpaired) electrons. The standard InChI is InChI=1S/C16H20BrNO3/c1-12(19)14-7-6-13(17)10-15(14)21-11-16(20)18-8-4-2-3-5-9-18/h6-7,10H,2-5,8-9,11H2,1H3. The number of ketones is 1. The van der Waals surface area contributed by atoms with E-state index in [0.29, 0.717) is 11.3 Å². The minimum Gasteiger partial charge on any atom is -0.483 e. The minimum atomic E-state index is -0.0697. The lowest BCUT2D eigenvalue weighted by Crippen LogP contribution is -2.35. The molecule has 1 fully saturated rings. The second kappa shape index (κ2) is 7.59. The summed E-state index contributed by atoms with van der Waals surface area (Å²) in [7, 11) is 0. The second-order valence-corrected chi connectivity index (χ2v) is 6.20. The molecule has 0 unspecified atom stereocenters. The number of rotatable bonds is 4. The fourth-order valence-electron chi connectivity index (χ4n) is 2.46. The maximum atomic E-state index is 12.2. The predicted molar refractivity (Wildman–Crippen MR) is 84.7 cm³/mol. The Kier molecular flexibility index (Phi) is 5.79. The fraction of sp³-hybridized carbons (Fsp3) is 0.500. The highest BCUT2D eigenvalue weighted by Crippen LogP contribution is 2.24.